The molecule has 0 saturated carbocycles. The van der Waals surface area contributed by atoms with Crippen molar-refractivity contribution in [3.63, 3.8) is 0 Å². The average Bonchev–Trinajstić information content (AvgIpc) is 2.39. The first-order chi connectivity index (χ1) is 8.99. The molecule has 3 N–H and O–H groups in total. The molecule has 0 spiro atoms. The van der Waals surface area contributed by atoms with Crippen molar-refractivity contribution in [1.82, 2.24) is 5.32 Å². The minimum atomic E-state index is -0.133. The molecule has 2 rings (SSSR count). The smallest absolute Gasteiger partial charge is 0.241 e. The minimum absolute atomic E-state index is 0.0158. The van der Waals surface area contributed by atoms with E-state index in [1.165, 1.54) is 0 Å². The van der Waals surface area contributed by atoms with E-state index in [4.69, 9.17) is 0 Å². The summed E-state index contributed by atoms with van der Waals surface area (Å²) >= 11 is 0. The van der Waals surface area contributed by atoms with E-state index >= 15 is 0 Å². The molecular weight excluding hydrogens is 240 g/mol. The molecule has 104 valence electrons. The number of phenolic OH excluding ortho intramolecular Hbond substituents is 1. The van der Waals surface area contributed by atoms with Gasteiger partial charge >= 0.3 is 0 Å². The van der Waals surface area contributed by atoms with Gasteiger partial charge in [-0.15, -0.1) is 0 Å². The third-order valence-corrected chi connectivity index (χ3v) is 3.87. The van der Waals surface area contributed by atoms with E-state index in [0.717, 1.165) is 30.5 Å². The van der Waals surface area contributed by atoms with Crippen LogP contribution in [0.15, 0.2) is 12.1 Å². The van der Waals surface area contributed by atoms with E-state index in [2.05, 4.69) is 17.6 Å². The number of carbonyl (C=O) groups is 1. The number of hydrogen-bond acceptors (Lipinski definition) is 3. The number of carbonyl (C=O) groups excluding carboxylic acids is 1. The maximum atomic E-state index is 12.2. The Balaban J connectivity index is 2.08. The van der Waals surface area contributed by atoms with E-state index < -0.39 is 0 Å². The molecule has 0 radical (unpaired) electrons. The van der Waals surface area contributed by atoms with Crippen LogP contribution in [-0.2, 0) is 4.79 Å². The van der Waals surface area contributed by atoms with Gasteiger partial charge in [0.1, 0.15) is 5.75 Å². The third-order valence-electron chi connectivity index (χ3n) is 3.87. The van der Waals surface area contributed by atoms with Crippen LogP contribution in [0.25, 0.3) is 0 Å². The zero-order valence-corrected chi connectivity index (χ0v) is 11.8. The lowest BCUT2D eigenvalue weighted by atomic mass is 9.94. The second-order valence-corrected chi connectivity index (χ2v) is 5.53. The number of aromatic hydroxyl groups is 1. The molecule has 19 heavy (non-hydrogen) atoms. The van der Waals surface area contributed by atoms with Crippen LogP contribution in [-0.4, -0.2) is 23.6 Å². The highest BCUT2D eigenvalue weighted by atomic mass is 16.3. The van der Waals surface area contributed by atoms with Crippen molar-refractivity contribution in [1.29, 1.82) is 0 Å². The Bertz CT molecular complexity index is 485. The van der Waals surface area contributed by atoms with E-state index in [-0.39, 0.29) is 17.7 Å². The molecule has 1 aliphatic rings. The van der Waals surface area contributed by atoms with Gasteiger partial charge in [0.25, 0.3) is 0 Å². The lowest BCUT2D eigenvalue weighted by Crippen LogP contribution is -2.45. The first-order valence-electron chi connectivity index (χ1n) is 6.82. The summed E-state index contributed by atoms with van der Waals surface area (Å²) < 4.78 is 0. The highest BCUT2D eigenvalue weighted by Gasteiger charge is 2.25. The minimum Gasteiger partial charge on any atom is -0.507 e. The summed E-state index contributed by atoms with van der Waals surface area (Å²) in [4.78, 5) is 12.2. The van der Waals surface area contributed by atoms with Gasteiger partial charge in [0, 0.05) is 11.3 Å². The number of aryl methyl sites for hydroxylation is 1. The molecule has 1 heterocycles. The number of amides is 1. The lowest BCUT2D eigenvalue weighted by molar-refractivity contribution is -0.119. The molecule has 1 aliphatic heterocycles. The first kappa shape index (κ1) is 13.9. The van der Waals surface area contributed by atoms with Gasteiger partial charge < -0.3 is 15.7 Å². The van der Waals surface area contributed by atoms with Gasteiger partial charge in [-0.2, -0.15) is 0 Å². The SMILES string of the molecule is Cc1ccc(NC(=O)C2CC(C)CCN2)c(C)c1O. The van der Waals surface area contributed by atoms with Gasteiger partial charge in [-0.1, -0.05) is 13.0 Å². The largest absolute Gasteiger partial charge is 0.507 e. The molecule has 4 nitrogen and oxygen atoms in total. The molecule has 1 aromatic carbocycles. The Hall–Kier alpha value is -1.55. The van der Waals surface area contributed by atoms with Gasteiger partial charge in [0.2, 0.25) is 5.91 Å². The summed E-state index contributed by atoms with van der Waals surface area (Å²) in [7, 11) is 0. The first-order valence-corrected chi connectivity index (χ1v) is 6.82. The zero-order valence-electron chi connectivity index (χ0n) is 11.8. The van der Waals surface area contributed by atoms with Crippen molar-refractivity contribution < 1.29 is 9.90 Å². The van der Waals surface area contributed by atoms with Crippen LogP contribution >= 0.6 is 0 Å². The number of nitrogens with one attached hydrogen (secondary N) is 2. The fourth-order valence-corrected chi connectivity index (χ4v) is 2.50. The summed E-state index contributed by atoms with van der Waals surface area (Å²) in [5, 5.41) is 16.0. The number of benzene rings is 1. The summed E-state index contributed by atoms with van der Waals surface area (Å²) in [6.45, 7) is 6.72. The Kier molecular flexibility index (Phi) is 4.10. The topological polar surface area (TPSA) is 61.4 Å². The molecule has 0 aliphatic carbocycles. The van der Waals surface area contributed by atoms with Gasteiger partial charge in [0.15, 0.2) is 0 Å². The van der Waals surface area contributed by atoms with Crippen molar-refractivity contribution >= 4 is 11.6 Å². The fraction of sp³-hybridized carbons (Fsp3) is 0.533. The fourth-order valence-electron chi connectivity index (χ4n) is 2.50. The normalized spacial score (nSPS) is 23.1. The molecule has 2 atom stereocenters. The predicted molar refractivity (Wildman–Crippen MR) is 76.4 cm³/mol. The second-order valence-electron chi connectivity index (χ2n) is 5.53. The molecule has 0 aromatic heterocycles. The summed E-state index contributed by atoms with van der Waals surface area (Å²) in [5.41, 5.74) is 2.23. The zero-order chi connectivity index (χ0) is 14.0. The molecule has 1 aromatic rings. The predicted octanol–water partition coefficient (Wildman–Crippen LogP) is 2.34. The maximum absolute atomic E-state index is 12.2. The van der Waals surface area contributed by atoms with E-state index in [1.54, 1.807) is 0 Å². The second kappa shape index (κ2) is 5.61. The van der Waals surface area contributed by atoms with Crippen LogP contribution in [0.5, 0.6) is 5.75 Å². The van der Waals surface area contributed by atoms with E-state index in [9.17, 15) is 9.90 Å². The Morgan fingerprint density at radius 3 is 2.84 bits per heavy atom. The monoisotopic (exact) mass is 262 g/mol. The van der Waals surface area contributed by atoms with Crippen molar-refractivity contribution in [3.8, 4) is 5.75 Å². The van der Waals surface area contributed by atoms with Crippen molar-refractivity contribution in [2.75, 3.05) is 11.9 Å². The van der Waals surface area contributed by atoms with Crippen LogP contribution in [0.2, 0.25) is 0 Å². The number of rotatable bonds is 2. The Labute approximate surface area is 114 Å². The van der Waals surface area contributed by atoms with Gasteiger partial charge in [-0.05, 0) is 50.8 Å². The standard InChI is InChI=1S/C15H22N2O2/c1-9-6-7-16-13(8-9)15(19)17-12-5-4-10(2)14(18)11(12)3/h4-5,9,13,16,18H,6-8H2,1-3H3,(H,17,19). The van der Waals surface area contributed by atoms with Crippen molar-refractivity contribution in [2.24, 2.45) is 5.92 Å². The average molecular weight is 262 g/mol. The van der Waals surface area contributed by atoms with Crippen LogP contribution < -0.4 is 10.6 Å². The molecule has 4 heteroatoms. The highest BCUT2D eigenvalue weighted by Crippen LogP contribution is 2.28. The molecule has 1 saturated heterocycles. The molecule has 1 fully saturated rings. The van der Waals surface area contributed by atoms with Gasteiger partial charge in [-0.25, -0.2) is 0 Å². The quantitative estimate of drug-likeness (QED) is 0.766. The van der Waals surface area contributed by atoms with Gasteiger partial charge in [0.05, 0.1) is 6.04 Å². The van der Waals surface area contributed by atoms with E-state index in [1.807, 2.05) is 26.0 Å². The maximum Gasteiger partial charge on any atom is 0.241 e. The Morgan fingerprint density at radius 1 is 1.42 bits per heavy atom. The van der Waals surface area contributed by atoms with Crippen molar-refractivity contribution in [3.05, 3.63) is 23.3 Å². The molecule has 2 unspecified atom stereocenters. The van der Waals surface area contributed by atoms with Crippen LogP contribution in [0.4, 0.5) is 5.69 Å². The van der Waals surface area contributed by atoms with Crippen LogP contribution in [0.3, 0.4) is 0 Å². The molecule has 0 bridgehead atoms. The third kappa shape index (κ3) is 3.07. The lowest BCUT2D eigenvalue weighted by Gasteiger charge is -2.27. The highest BCUT2D eigenvalue weighted by molar-refractivity contribution is 5.95. The summed E-state index contributed by atoms with van der Waals surface area (Å²) in [6.07, 6.45) is 1.98. The van der Waals surface area contributed by atoms with Crippen LogP contribution in [0.1, 0.15) is 30.9 Å². The van der Waals surface area contributed by atoms with E-state index in [0.29, 0.717) is 11.6 Å². The number of anilines is 1. The van der Waals surface area contributed by atoms with Crippen molar-refractivity contribution in [2.45, 2.75) is 39.7 Å². The number of phenols is 1. The summed E-state index contributed by atoms with van der Waals surface area (Å²) in [5.74, 6) is 0.810. The number of piperidine rings is 1. The number of hydrogen-bond donors (Lipinski definition) is 3. The molecule has 1 amide bonds. The van der Waals surface area contributed by atoms with Crippen LogP contribution in [0, 0.1) is 19.8 Å². The molecular formula is C15H22N2O2. The summed E-state index contributed by atoms with van der Waals surface area (Å²) in [6, 6.07) is 3.52. The Morgan fingerprint density at radius 2 is 2.16 bits per heavy atom. The van der Waals surface area contributed by atoms with Gasteiger partial charge in [-0.3, -0.25) is 4.79 Å².